The number of carboxylic acid groups (broad SMARTS) is 1. The molecule has 4 atom stereocenters. The van der Waals surface area contributed by atoms with Crippen LogP contribution in [0, 0.1) is 6.92 Å². The van der Waals surface area contributed by atoms with E-state index in [1.165, 1.54) is 17.7 Å². The largest absolute Gasteiger partial charge is 0.548 e. The lowest BCUT2D eigenvalue weighted by Gasteiger charge is -2.35. The van der Waals surface area contributed by atoms with Gasteiger partial charge in [0.1, 0.15) is 11.9 Å². The lowest BCUT2D eigenvalue weighted by molar-refractivity contribution is -0.314. The van der Waals surface area contributed by atoms with E-state index >= 15 is 0 Å². The fourth-order valence-corrected chi connectivity index (χ4v) is 5.34. The monoisotopic (exact) mass is 526 g/mol. The van der Waals surface area contributed by atoms with Gasteiger partial charge in [-0.15, -0.1) is 0 Å². The van der Waals surface area contributed by atoms with Gasteiger partial charge in [-0.25, -0.2) is 9.36 Å². The molecule has 37 heavy (non-hydrogen) atoms. The molecule has 194 valence electrons. The Morgan fingerprint density at radius 2 is 1.78 bits per heavy atom. The van der Waals surface area contributed by atoms with E-state index in [1.807, 2.05) is 0 Å². The second-order valence-electron chi connectivity index (χ2n) is 8.52. The van der Waals surface area contributed by atoms with E-state index in [9.17, 15) is 24.1 Å². The molecule has 0 saturated carbocycles. The van der Waals surface area contributed by atoms with Crippen LogP contribution in [0.1, 0.15) is 24.3 Å². The number of benzene rings is 2. The molecule has 0 radical (unpaired) electrons. The Balaban J connectivity index is 1.55. The summed E-state index contributed by atoms with van der Waals surface area (Å²) in [5.41, 5.74) is -2.48. The van der Waals surface area contributed by atoms with E-state index in [0.29, 0.717) is 5.56 Å². The molecule has 2 aromatic carbocycles. The van der Waals surface area contributed by atoms with E-state index in [1.54, 1.807) is 79.7 Å². The summed E-state index contributed by atoms with van der Waals surface area (Å²) in [7, 11) is -4.35. The summed E-state index contributed by atoms with van der Waals surface area (Å²) in [6.45, 7) is 2.55. The zero-order valence-electron chi connectivity index (χ0n) is 20.0. The van der Waals surface area contributed by atoms with Gasteiger partial charge in [-0.1, -0.05) is 54.6 Å². The Kier molecular flexibility index (Phi) is 7.60. The van der Waals surface area contributed by atoms with Crippen LogP contribution < -0.4 is 26.0 Å². The lowest BCUT2D eigenvalue weighted by atomic mass is 9.94. The van der Waals surface area contributed by atoms with Gasteiger partial charge < -0.3 is 19.2 Å². The molecule has 4 rings (SSSR count). The molecule has 1 unspecified atom stereocenters. The number of rotatable bonds is 10. The number of hydrogen-bond donors (Lipinski definition) is 2. The number of nitrogens with zero attached hydrogens (tertiary/aromatic N) is 1. The number of aromatic amines is 1. The molecule has 0 bridgehead atoms. The number of aromatic nitrogens is 2. The van der Waals surface area contributed by atoms with Crippen molar-refractivity contribution in [3.63, 3.8) is 0 Å². The molecule has 0 aliphatic carbocycles. The Morgan fingerprint density at radius 3 is 2.43 bits per heavy atom. The molecule has 0 spiro atoms. The Bertz CT molecular complexity index is 1450. The first kappa shape index (κ1) is 26.3. The Hall–Kier alpha value is -3.76. The van der Waals surface area contributed by atoms with Crippen molar-refractivity contribution in [1.82, 2.24) is 14.6 Å². The average Bonchev–Trinajstić information content (AvgIpc) is 3.35. The third-order valence-corrected chi connectivity index (χ3v) is 7.38. The molecule has 11 nitrogen and oxygen atoms in total. The van der Waals surface area contributed by atoms with Crippen LogP contribution in [0.2, 0.25) is 0 Å². The van der Waals surface area contributed by atoms with E-state index in [0.717, 1.165) is 0 Å². The molecule has 1 aliphatic heterocycles. The summed E-state index contributed by atoms with van der Waals surface area (Å²) in [6.07, 6.45) is 2.95. The number of aliphatic carboxylic acids is 1. The van der Waals surface area contributed by atoms with Crippen LogP contribution in [0.25, 0.3) is 0 Å². The highest BCUT2D eigenvalue weighted by atomic mass is 31.2. The van der Waals surface area contributed by atoms with Crippen molar-refractivity contribution in [2.24, 2.45) is 0 Å². The normalized spacial score (nSPS) is 20.2. The molecule has 1 aromatic heterocycles. The van der Waals surface area contributed by atoms with E-state index in [-0.39, 0.29) is 17.9 Å². The molecule has 1 aliphatic rings. The first-order valence-electron chi connectivity index (χ1n) is 11.3. The number of H-pyrrole nitrogens is 1. The van der Waals surface area contributed by atoms with Crippen LogP contribution >= 0.6 is 7.75 Å². The van der Waals surface area contributed by atoms with Gasteiger partial charge in [0.2, 0.25) is 0 Å². The Labute approximate surface area is 211 Å². The summed E-state index contributed by atoms with van der Waals surface area (Å²) in [5.74, 6) is -1.35. The summed E-state index contributed by atoms with van der Waals surface area (Å²) in [6, 6.07) is 16.2. The maximum Gasteiger partial charge on any atom is 0.459 e. The SMILES string of the molecule is Cc1cn([C@H]2C=C[C@@H](COP(=O)(N[C@](C)(C(=O)[O-])c3ccccc3)Oc3ccccc3)O2)c(=O)[nH]c1=O. The van der Waals surface area contributed by atoms with Crippen LogP contribution in [0.3, 0.4) is 0 Å². The van der Waals surface area contributed by atoms with Gasteiger partial charge in [0.15, 0.2) is 6.23 Å². The van der Waals surface area contributed by atoms with Crippen molar-refractivity contribution in [1.29, 1.82) is 0 Å². The number of hydrogen-bond acceptors (Lipinski definition) is 8. The minimum Gasteiger partial charge on any atom is -0.548 e. The molecule has 2 N–H and O–H groups in total. The van der Waals surface area contributed by atoms with Crippen LogP contribution in [-0.4, -0.2) is 28.2 Å². The average molecular weight is 526 g/mol. The van der Waals surface area contributed by atoms with Crippen LogP contribution in [-0.2, 0) is 24.2 Å². The highest BCUT2D eigenvalue weighted by Gasteiger charge is 2.40. The summed E-state index contributed by atoms with van der Waals surface area (Å²) in [5, 5.41) is 14.7. The third-order valence-electron chi connectivity index (χ3n) is 5.72. The first-order valence-corrected chi connectivity index (χ1v) is 12.9. The quantitative estimate of drug-likeness (QED) is 0.297. The van der Waals surface area contributed by atoms with Crippen LogP contribution in [0.15, 0.2) is 88.6 Å². The fourth-order valence-electron chi connectivity index (χ4n) is 3.66. The van der Waals surface area contributed by atoms with E-state index < -0.39 is 42.8 Å². The third kappa shape index (κ3) is 5.98. The molecular weight excluding hydrogens is 501 g/mol. The lowest BCUT2D eigenvalue weighted by Crippen LogP contribution is -2.53. The van der Waals surface area contributed by atoms with Gasteiger partial charge >= 0.3 is 13.4 Å². The van der Waals surface area contributed by atoms with Crippen molar-refractivity contribution >= 4 is 13.7 Å². The zero-order valence-corrected chi connectivity index (χ0v) is 20.9. The van der Waals surface area contributed by atoms with Crippen molar-refractivity contribution in [2.45, 2.75) is 31.7 Å². The molecule has 0 fully saturated rings. The summed E-state index contributed by atoms with van der Waals surface area (Å²) >= 11 is 0. The Morgan fingerprint density at radius 1 is 1.14 bits per heavy atom. The maximum atomic E-state index is 13.9. The second-order valence-corrected chi connectivity index (χ2v) is 10.2. The number of carbonyl (C=O) groups excluding carboxylic acids is 1. The van der Waals surface area contributed by atoms with Gasteiger partial charge in [0.25, 0.3) is 5.56 Å². The number of para-hydroxylation sites is 1. The maximum absolute atomic E-state index is 13.9. The van der Waals surface area contributed by atoms with Crippen molar-refractivity contribution in [2.75, 3.05) is 6.61 Å². The minimum atomic E-state index is -4.35. The van der Waals surface area contributed by atoms with Gasteiger partial charge in [0.05, 0.1) is 18.1 Å². The standard InChI is InChI=1S/C25H26N3O8P/c1-17-15-28(24(32)26-22(17)29)21-14-13-20(35-21)16-34-37(33,36-19-11-7-4-8-12-19)27-25(2,23(30)31)18-9-5-3-6-10-18/h3-15,20-21H,16H2,1-2H3,(H,27,33)(H,30,31)(H,26,29,32)/p-1/t20-,21+,25-,37?/m0/s1. The number of nitrogens with one attached hydrogen (secondary N) is 2. The number of ether oxygens (including phenoxy) is 1. The van der Waals surface area contributed by atoms with Gasteiger partial charge in [-0.05, 0) is 37.6 Å². The summed E-state index contributed by atoms with van der Waals surface area (Å²) < 4.78 is 32.2. The number of carboxylic acids is 1. The smallest absolute Gasteiger partial charge is 0.459 e. The van der Waals surface area contributed by atoms with Crippen molar-refractivity contribution in [3.05, 3.63) is 111 Å². The predicted molar refractivity (Wildman–Crippen MR) is 132 cm³/mol. The zero-order chi connectivity index (χ0) is 26.6. The van der Waals surface area contributed by atoms with Crippen LogP contribution in [0.5, 0.6) is 5.75 Å². The number of carbonyl (C=O) groups is 1. The second kappa shape index (κ2) is 10.7. The minimum absolute atomic E-state index is 0.183. The molecular formula is C25H25N3O8P-. The molecule has 2 heterocycles. The van der Waals surface area contributed by atoms with Gasteiger partial charge in [0, 0.05) is 11.8 Å². The first-order chi connectivity index (χ1) is 17.6. The highest BCUT2D eigenvalue weighted by Crippen LogP contribution is 2.48. The fraction of sp³-hybridized carbons (Fsp3) is 0.240. The highest BCUT2D eigenvalue weighted by molar-refractivity contribution is 7.52. The van der Waals surface area contributed by atoms with E-state index in [2.05, 4.69) is 10.1 Å². The van der Waals surface area contributed by atoms with Gasteiger partial charge in [-0.3, -0.25) is 18.9 Å². The molecule has 0 saturated heterocycles. The number of aryl methyl sites for hydroxylation is 1. The summed E-state index contributed by atoms with van der Waals surface area (Å²) in [4.78, 5) is 38.2. The van der Waals surface area contributed by atoms with Crippen molar-refractivity contribution in [3.8, 4) is 5.75 Å². The topological polar surface area (TPSA) is 152 Å². The molecule has 12 heteroatoms. The molecule has 3 aromatic rings. The van der Waals surface area contributed by atoms with Gasteiger partial charge in [-0.2, -0.15) is 5.09 Å². The van der Waals surface area contributed by atoms with Crippen molar-refractivity contribution < 1.29 is 28.3 Å². The molecule has 0 amide bonds. The van der Waals surface area contributed by atoms with Crippen LogP contribution in [0.4, 0.5) is 0 Å². The van der Waals surface area contributed by atoms with E-state index in [4.69, 9.17) is 13.8 Å². The predicted octanol–water partition coefficient (Wildman–Crippen LogP) is 1.76.